The molecule has 1 aromatic heterocycles. The summed E-state index contributed by atoms with van der Waals surface area (Å²) in [5.74, 6) is 1.02. The highest BCUT2D eigenvalue weighted by Crippen LogP contribution is 2.39. The molecule has 5 heteroatoms. The maximum absolute atomic E-state index is 13.1. The van der Waals surface area contributed by atoms with Gasteiger partial charge in [-0.25, -0.2) is 0 Å². The highest BCUT2D eigenvalue weighted by atomic mass is 16.5. The second kappa shape index (κ2) is 6.14. The van der Waals surface area contributed by atoms with Crippen LogP contribution in [0, 0.1) is 6.92 Å². The number of carbonyl (C=O) groups excluding carboxylic acids is 1. The Morgan fingerprint density at radius 1 is 1.28 bits per heavy atom. The third-order valence-corrected chi connectivity index (χ3v) is 5.31. The van der Waals surface area contributed by atoms with E-state index in [1.807, 2.05) is 36.9 Å². The van der Waals surface area contributed by atoms with Gasteiger partial charge in [-0.15, -0.1) is 0 Å². The largest absolute Gasteiger partial charge is 0.485 e. The zero-order valence-corrected chi connectivity index (χ0v) is 14.8. The van der Waals surface area contributed by atoms with Gasteiger partial charge < -0.3 is 9.64 Å². The predicted octanol–water partition coefficient (Wildman–Crippen LogP) is 2.96. The van der Waals surface area contributed by atoms with Gasteiger partial charge in [-0.1, -0.05) is 25.1 Å². The van der Waals surface area contributed by atoms with Crippen LogP contribution in [0.2, 0.25) is 0 Å². The Balaban J connectivity index is 1.55. The van der Waals surface area contributed by atoms with Gasteiger partial charge in [0, 0.05) is 13.0 Å². The fourth-order valence-electron chi connectivity index (χ4n) is 3.89. The maximum atomic E-state index is 13.1. The molecular weight excluding hydrogens is 314 g/mol. The SMILES string of the molecule is CCc1nnc(C)cc1C(=O)N1CC[C@]2(CCc3ccccc3O2)C1. The number of amides is 1. The molecule has 25 heavy (non-hydrogen) atoms. The number of benzene rings is 1. The van der Waals surface area contributed by atoms with Gasteiger partial charge in [-0.2, -0.15) is 10.2 Å². The van der Waals surface area contributed by atoms with Crippen molar-refractivity contribution < 1.29 is 9.53 Å². The number of hydrogen-bond donors (Lipinski definition) is 0. The summed E-state index contributed by atoms with van der Waals surface area (Å²) in [7, 11) is 0. The molecule has 130 valence electrons. The molecule has 1 spiro atoms. The molecule has 1 amide bonds. The summed E-state index contributed by atoms with van der Waals surface area (Å²) in [6.45, 7) is 5.24. The van der Waals surface area contributed by atoms with Crippen molar-refractivity contribution >= 4 is 5.91 Å². The number of carbonyl (C=O) groups is 1. The van der Waals surface area contributed by atoms with Crippen LogP contribution in [0.15, 0.2) is 30.3 Å². The van der Waals surface area contributed by atoms with Crippen LogP contribution in [0.5, 0.6) is 5.75 Å². The van der Waals surface area contributed by atoms with E-state index < -0.39 is 0 Å². The van der Waals surface area contributed by atoms with Crippen LogP contribution in [0.1, 0.15) is 47.1 Å². The first-order valence-corrected chi connectivity index (χ1v) is 9.00. The fourth-order valence-corrected chi connectivity index (χ4v) is 3.89. The third-order valence-electron chi connectivity index (χ3n) is 5.31. The van der Waals surface area contributed by atoms with Crippen molar-refractivity contribution in [3.63, 3.8) is 0 Å². The Bertz CT molecular complexity index is 820. The molecule has 0 saturated carbocycles. The van der Waals surface area contributed by atoms with Crippen LogP contribution in [0.25, 0.3) is 0 Å². The van der Waals surface area contributed by atoms with Gasteiger partial charge in [-0.3, -0.25) is 4.79 Å². The van der Waals surface area contributed by atoms with E-state index in [9.17, 15) is 4.79 Å². The lowest BCUT2D eigenvalue weighted by molar-refractivity contribution is 0.0484. The average molecular weight is 337 g/mol. The number of aromatic nitrogens is 2. The Morgan fingerprint density at radius 3 is 2.96 bits per heavy atom. The monoisotopic (exact) mass is 337 g/mol. The van der Waals surface area contributed by atoms with Crippen LogP contribution < -0.4 is 4.74 Å². The van der Waals surface area contributed by atoms with Gasteiger partial charge in [0.05, 0.1) is 23.5 Å². The Kier molecular flexibility index (Phi) is 3.94. The highest BCUT2D eigenvalue weighted by Gasteiger charge is 2.44. The summed E-state index contributed by atoms with van der Waals surface area (Å²) < 4.78 is 6.36. The summed E-state index contributed by atoms with van der Waals surface area (Å²) in [6.07, 6.45) is 3.56. The molecule has 2 aliphatic heterocycles. The Hall–Kier alpha value is -2.43. The second-order valence-electron chi connectivity index (χ2n) is 7.07. The number of hydrogen-bond acceptors (Lipinski definition) is 4. The van der Waals surface area contributed by atoms with E-state index in [1.165, 1.54) is 5.56 Å². The van der Waals surface area contributed by atoms with Crippen molar-refractivity contribution in [2.45, 2.75) is 45.1 Å². The molecule has 4 rings (SSSR count). The minimum Gasteiger partial charge on any atom is -0.485 e. The molecule has 3 heterocycles. The number of likely N-dealkylation sites (tertiary alicyclic amines) is 1. The van der Waals surface area contributed by atoms with E-state index in [0.29, 0.717) is 18.5 Å². The van der Waals surface area contributed by atoms with Gasteiger partial charge >= 0.3 is 0 Å². The van der Waals surface area contributed by atoms with E-state index in [1.54, 1.807) is 0 Å². The van der Waals surface area contributed by atoms with Gasteiger partial charge in [-0.05, 0) is 43.9 Å². The Labute approximate surface area is 148 Å². The van der Waals surface area contributed by atoms with E-state index in [4.69, 9.17) is 4.74 Å². The van der Waals surface area contributed by atoms with E-state index >= 15 is 0 Å². The normalized spacial score (nSPS) is 21.9. The third kappa shape index (κ3) is 2.88. The summed E-state index contributed by atoms with van der Waals surface area (Å²) in [6, 6.07) is 10.1. The summed E-state index contributed by atoms with van der Waals surface area (Å²) in [5.41, 5.74) is 3.25. The summed E-state index contributed by atoms with van der Waals surface area (Å²) >= 11 is 0. The molecule has 0 aliphatic carbocycles. The van der Waals surface area contributed by atoms with Crippen molar-refractivity contribution in [1.82, 2.24) is 15.1 Å². The lowest BCUT2D eigenvalue weighted by Crippen LogP contribution is -2.43. The number of nitrogens with zero attached hydrogens (tertiary/aromatic N) is 3. The maximum Gasteiger partial charge on any atom is 0.255 e. The van der Waals surface area contributed by atoms with Crippen LogP contribution in [-0.4, -0.2) is 39.7 Å². The number of ether oxygens (including phenoxy) is 1. The minimum absolute atomic E-state index is 0.0502. The molecule has 0 radical (unpaired) electrons. The van der Waals surface area contributed by atoms with Gasteiger partial charge in [0.25, 0.3) is 5.91 Å². The lowest BCUT2D eigenvalue weighted by atomic mass is 9.90. The van der Waals surface area contributed by atoms with Gasteiger partial charge in [0.1, 0.15) is 11.4 Å². The van der Waals surface area contributed by atoms with Crippen molar-refractivity contribution in [3.05, 3.63) is 52.8 Å². The van der Waals surface area contributed by atoms with E-state index in [-0.39, 0.29) is 11.5 Å². The molecule has 0 unspecified atom stereocenters. The zero-order valence-electron chi connectivity index (χ0n) is 14.8. The van der Waals surface area contributed by atoms with E-state index in [2.05, 4.69) is 22.3 Å². The topological polar surface area (TPSA) is 55.3 Å². The lowest BCUT2D eigenvalue weighted by Gasteiger charge is -2.35. The van der Waals surface area contributed by atoms with Crippen LogP contribution >= 0.6 is 0 Å². The quantitative estimate of drug-likeness (QED) is 0.845. The van der Waals surface area contributed by atoms with Crippen molar-refractivity contribution in [3.8, 4) is 5.75 Å². The average Bonchev–Trinajstić information content (AvgIpc) is 3.04. The van der Waals surface area contributed by atoms with Gasteiger partial charge in [0.2, 0.25) is 0 Å². The molecule has 2 aliphatic rings. The molecule has 1 atom stereocenters. The molecule has 0 bridgehead atoms. The van der Waals surface area contributed by atoms with Crippen molar-refractivity contribution in [1.29, 1.82) is 0 Å². The standard InChI is InChI=1S/C20H23N3O2/c1-3-17-16(12-14(2)21-22-17)19(24)23-11-10-20(13-23)9-8-15-6-4-5-7-18(15)25-20/h4-7,12H,3,8-11,13H2,1-2H3/t20-/m1/s1. The van der Waals surface area contributed by atoms with Crippen LogP contribution in [0.3, 0.4) is 0 Å². The minimum atomic E-state index is -0.244. The molecule has 1 aromatic carbocycles. The number of fused-ring (bicyclic) bond motifs is 1. The first kappa shape index (κ1) is 16.1. The van der Waals surface area contributed by atoms with Crippen LogP contribution in [0.4, 0.5) is 0 Å². The molecule has 1 saturated heterocycles. The van der Waals surface area contributed by atoms with Crippen molar-refractivity contribution in [2.24, 2.45) is 0 Å². The highest BCUT2D eigenvalue weighted by molar-refractivity contribution is 5.95. The summed E-state index contributed by atoms with van der Waals surface area (Å²) in [4.78, 5) is 15.0. The molecular formula is C20H23N3O2. The number of para-hydroxylation sites is 1. The Morgan fingerprint density at radius 2 is 2.12 bits per heavy atom. The number of rotatable bonds is 2. The molecule has 1 fully saturated rings. The predicted molar refractivity (Wildman–Crippen MR) is 94.8 cm³/mol. The second-order valence-corrected chi connectivity index (χ2v) is 7.07. The van der Waals surface area contributed by atoms with Gasteiger partial charge in [0.15, 0.2) is 0 Å². The summed E-state index contributed by atoms with van der Waals surface area (Å²) in [5, 5.41) is 8.28. The molecule has 0 N–H and O–H groups in total. The molecule has 5 nitrogen and oxygen atoms in total. The number of aryl methyl sites for hydroxylation is 3. The van der Waals surface area contributed by atoms with Crippen molar-refractivity contribution in [2.75, 3.05) is 13.1 Å². The van der Waals surface area contributed by atoms with Crippen LogP contribution in [-0.2, 0) is 12.8 Å². The smallest absolute Gasteiger partial charge is 0.255 e. The fraction of sp³-hybridized carbons (Fsp3) is 0.450. The molecule has 2 aromatic rings. The first-order valence-electron chi connectivity index (χ1n) is 9.00. The first-order chi connectivity index (χ1) is 12.1. The van der Waals surface area contributed by atoms with E-state index in [0.717, 1.165) is 42.9 Å². The zero-order chi connectivity index (χ0) is 17.4.